The molecule has 2 rings (SSSR count). The van der Waals surface area contributed by atoms with Crippen LogP contribution in [0.25, 0.3) is 0 Å². The van der Waals surface area contributed by atoms with E-state index in [1.807, 2.05) is 11.7 Å². The first-order chi connectivity index (χ1) is 7.76. The van der Waals surface area contributed by atoms with Gasteiger partial charge in [0.05, 0.1) is 5.69 Å². The number of aryl methyl sites for hydroxylation is 2. The van der Waals surface area contributed by atoms with Crippen LogP contribution in [-0.2, 0) is 13.5 Å². The molecule has 1 fully saturated rings. The third-order valence-electron chi connectivity index (χ3n) is 3.65. The van der Waals surface area contributed by atoms with Crippen molar-refractivity contribution in [1.29, 1.82) is 0 Å². The van der Waals surface area contributed by atoms with Crippen molar-refractivity contribution in [2.45, 2.75) is 45.6 Å². The molecule has 0 bridgehead atoms. The largest absolute Gasteiger partial charge is 0.310 e. The fourth-order valence-corrected chi connectivity index (χ4v) is 2.61. The van der Waals surface area contributed by atoms with E-state index in [2.05, 4.69) is 30.5 Å². The molecule has 1 aliphatic carbocycles. The number of aromatic nitrogens is 2. The second-order valence-electron chi connectivity index (χ2n) is 4.78. The zero-order chi connectivity index (χ0) is 11.5. The molecular formula is C13H23N3. The van der Waals surface area contributed by atoms with Crippen molar-refractivity contribution in [1.82, 2.24) is 15.1 Å². The Labute approximate surface area is 98.2 Å². The molecule has 90 valence electrons. The summed E-state index contributed by atoms with van der Waals surface area (Å²) in [7, 11) is 2.02. The molecule has 16 heavy (non-hydrogen) atoms. The summed E-state index contributed by atoms with van der Waals surface area (Å²) in [5.41, 5.74) is 2.69. The number of hydrogen-bond acceptors (Lipinski definition) is 2. The first-order valence-electron chi connectivity index (χ1n) is 6.52. The molecule has 1 N–H and O–H groups in total. The van der Waals surface area contributed by atoms with Gasteiger partial charge in [-0.2, -0.15) is 5.10 Å². The zero-order valence-electron chi connectivity index (χ0n) is 10.7. The Kier molecular flexibility index (Phi) is 3.64. The number of hydrogen-bond donors (Lipinski definition) is 1. The summed E-state index contributed by atoms with van der Waals surface area (Å²) in [4.78, 5) is 0. The van der Waals surface area contributed by atoms with Crippen LogP contribution in [0.4, 0.5) is 0 Å². The quantitative estimate of drug-likeness (QED) is 0.827. The molecule has 0 saturated heterocycles. The third-order valence-corrected chi connectivity index (χ3v) is 3.65. The highest BCUT2D eigenvalue weighted by Crippen LogP contribution is 2.38. The Morgan fingerprint density at radius 2 is 2.25 bits per heavy atom. The van der Waals surface area contributed by atoms with E-state index in [1.165, 1.54) is 30.5 Å². The van der Waals surface area contributed by atoms with Gasteiger partial charge in [-0.25, -0.2) is 0 Å². The minimum Gasteiger partial charge on any atom is -0.310 e. The fraction of sp³-hybridized carbons (Fsp3) is 0.769. The van der Waals surface area contributed by atoms with E-state index in [0.29, 0.717) is 6.04 Å². The second kappa shape index (κ2) is 5.00. The van der Waals surface area contributed by atoms with Crippen molar-refractivity contribution in [3.05, 3.63) is 17.5 Å². The van der Waals surface area contributed by atoms with E-state index in [4.69, 9.17) is 0 Å². The van der Waals surface area contributed by atoms with Crippen LogP contribution in [0.15, 0.2) is 6.20 Å². The van der Waals surface area contributed by atoms with Crippen molar-refractivity contribution in [2.75, 3.05) is 6.54 Å². The van der Waals surface area contributed by atoms with Crippen LogP contribution in [0.1, 0.15) is 50.4 Å². The Morgan fingerprint density at radius 3 is 2.75 bits per heavy atom. The molecule has 3 nitrogen and oxygen atoms in total. The van der Waals surface area contributed by atoms with Gasteiger partial charge in [0.25, 0.3) is 0 Å². The highest BCUT2D eigenvalue weighted by molar-refractivity contribution is 5.23. The van der Waals surface area contributed by atoms with Crippen LogP contribution >= 0.6 is 0 Å². The van der Waals surface area contributed by atoms with Gasteiger partial charge in [0.15, 0.2) is 0 Å². The highest BCUT2D eigenvalue weighted by atomic mass is 15.3. The Morgan fingerprint density at radius 1 is 1.50 bits per heavy atom. The normalized spacial score (nSPS) is 18.4. The second-order valence-corrected chi connectivity index (χ2v) is 4.78. The van der Waals surface area contributed by atoms with Crippen LogP contribution in [0.3, 0.4) is 0 Å². The lowest BCUT2D eigenvalue weighted by molar-refractivity contribution is 0.232. The van der Waals surface area contributed by atoms with Crippen molar-refractivity contribution in [2.24, 2.45) is 13.0 Å². The summed E-state index contributed by atoms with van der Waals surface area (Å²) in [6, 6.07) is 0.530. The van der Waals surface area contributed by atoms with Gasteiger partial charge in [0.1, 0.15) is 0 Å². The van der Waals surface area contributed by atoms with Gasteiger partial charge in [0.2, 0.25) is 0 Å². The van der Waals surface area contributed by atoms with Gasteiger partial charge >= 0.3 is 0 Å². The first-order valence-corrected chi connectivity index (χ1v) is 6.52. The van der Waals surface area contributed by atoms with Crippen molar-refractivity contribution < 1.29 is 0 Å². The number of rotatable bonds is 5. The van der Waals surface area contributed by atoms with Crippen LogP contribution < -0.4 is 5.32 Å². The molecule has 0 aromatic carbocycles. The van der Waals surface area contributed by atoms with Gasteiger partial charge in [-0.05, 0) is 31.7 Å². The molecule has 1 aromatic rings. The number of nitrogens with one attached hydrogen (secondary N) is 1. The lowest BCUT2D eigenvalue weighted by Crippen LogP contribution is -2.32. The average molecular weight is 221 g/mol. The summed E-state index contributed by atoms with van der Waals surface area (Å²) < 4.78 is 1.96. The fourth-order valence-electron chi connectivity index (χ4n) is 2.61. The smallest absolute Gasteiger partial charge is 0.0669 e. The maximum atomic E-state index is 4.55. The number of nitrogens with zero attached hydrogens (tertiary/aromatic N) is 2. The van der Waals surface area contributed by atoms with Crippen LogP contribution in [0.2, 0.25) is 0 Å². The van der Waals surface area contributed by atoms with E-state index in [9.17, 15) is 0 Å². The van der Waals surface area contributed by atoms with Gasteiger partial charge in [-0.3, -0.25) is 4.68 Å². The van der Waals surface area contributed by atoms with Crippen LogP contribution in [0.5, 0.6) is 0 Å². The molecule has 1 atom stereocenters. The maximum absolute atomic E-state index is 4.55. The minimum atomic E-state index is 0.530. The SMILES string of the molecule is CCNC(c1cn(C)nc1CC)C1CCC1. The van der Waals surface area contributed by atoms with E-state index in [0.717, 1.165) is 18.9 Å². The van der Waals surface area contributed by atoms with E-state index < -0.39 is 0 Å². The molecule has 0 aliphatic heterocycles. The van der Waals surface area contributed by atoms with Gasteiger partial charge in [-0.15, -0.1) is 0 Å². The van der Waals surface area contributed by atoms with Crippen LogP contribution in [-0.4, -0.2) is 16.3 Å². The molecule has 1 unspecified atom stereocenters. The lowest BCUT2D eigenvalue weighted by Gasteiger charge is -2.34. The first kappa shape index (κ1) is 11.6. The molecule has 0 amide bonds. The monoisotopic (exact) mass is 221 g/mol. The Balaban J connectivity index is 2.22. The van der Waals surface area contributed by atoms with Crippen LogP contribution in [0, 0.1) is 5.92 Å². The topological polar surface area (TPSA) is 29.9 Å². The van der Waals surface area contributed by atoms with Gasteiger partial charge in [0, 0.05) is 24.8 Å². The molecule has 0 spiro atoms. The Hall–Kier alpha value is -0.830. The minimum absolute atomic E-state index is 0.530. The summed E-state index contributed by atoms with van der Waals surface area (Å²) in [5.74, 6) is 0.828. The molecule has 3 heteroatoms. The van der Waals surface area contributed by atoms with Crippen molar-refractivity contribution in [3.63, 3.8) is 0 Å². The lowest BCUT2D eigenvalue weighted by atomic mass is 9.77. The predicted octanol–water partition coefficient (Wildman–Crippen LogP) is 2.43. The third kappa shape index (κ3) is 2.14. The summed E-state index contributed by atoms with van der Waals surface area (Å²) in [5, 5.41) is 8.19. The molecular weight excluding hydrogens is 198 g/mol. The molecule has 1 aliphatic rings. The molecule has 1 heterocycles. The summed E-state index contributed by atoms with van der Waals surface area (Å²) in [6.07, 6.45) is 7.37. The average Bonchev–Trinajstić information content (AvgIpc) is 2.56. The molecule has 1 saturated carbocycles. The van der Waals surface area contributed by atoms with E-state index >= 15 is 0 Å². The van der Waals surface area contributed by atoms with E-state index in [1.54, 1.807) is 0 Å². The predicted molar refractivity (Wildman–Crippen MR) is 66.3 cm³/mol. The molecule has 0 radical (unpaired) electrons. The molecule has 1 aromatic heterocycles. The highest BCUT2D eigenvalue weighted by Gasteiger charge is 2.30. The maximum Gasteiger partial charge on any atom is 0.0669 e. The van der Waals surface area contributed by atoms with Gasteiger partial charge in [-0.1, -0.05) is 20.3 Å². The van der Waals surface area contributed by atoms with E-state index in [-0.39, 0.29) is 0 Å². The summed E-state index contributed by atoms with van der Waals surface area (Å²) >= 11 is 0. The van der Waals surface area contributed by atoms with Crippen molar-refractivity contribution >= 4 is 0 Å². The van der Waals surface area contributed by atoms with Gasteiger partial charge < -0.3 is 5.32 Å². The van der Waals surface area contributed by atoms with Crippen molar-refractivity contribution in [3.8, 4) is 0 Å². The standard InChI is InChI=1S/C13H23N3/c1-4-12-11(9-16(3)15-12)13(14-5-2)10-7-6-8-10/h9-10,13-14H,4-8H2,1-3H3. The summed E-state index contributed by atoms with van der Waals surface area (Å²) in [6.45, 7) is 5.42. The zero-order valence-corrected chi connectivity index (χ0v) is 10.7. The Bertz CT molecular complexity index is 339.